The van der Waals surface area contributed by atoms with E-state index in [1.807, 2.05) is 30.7 Å². The maximum Gasteiger partial charge on any atom is 0.270 e. The van der Waals surface area contributed by atoms with Gasteiger partial charge in [-0.15, -0.1) is 11.8 Å². The number of carbonyl (C=O) groups excluding carboxylic acids is 1. The molecule has 1 saturated heterocycles. The van der Waals surface area contributed by atoms with E-state index in [2.05, 4.69) is 10.4 Å². The lowest BCUT2D eigenvalue weighted by atomic mass is 9.94. The summed E-state index contributed by atoms with van der Waals surface area (Å²) in [6.45, 7) is 4.68. The minimum absolute atomic E-state index is 0.0343. The number of ether oxygens (including phenoxy) is 3. The molecular formula is C21H27N3O5S. The van der Waals surface area contributed by atoms with Gasteiger partial charge in [0, 0.05) is 18.2 Å². The first kappa shape index (κ1) is 20.9. The lowest BCUT2D eigenvalue weighted by Crippen LogP contribution is -2.36. The van der Waals surface area contributed by atoms with E-state index in [4.69, 9.17) is 14.2 Å². The fourth-order valence-corrected chi connectivity index (χ4v) is 5.37. The van der Waals surface area contributed by atoms with Gasteiger partial charge in [-0.1, -0.05) is 6.07 Å². The monoisotopic (exact) mass is 433 g/mol. The average molecular weight is 434 g/mol. The second kappa shape index (κ2) is 8.03. The topological polar surface area (TPSA) is 94.6 Å². The fourth-order valence-electron chi connectivity index (χ4n) is 4.22. The number of fused-ring (bicyclic) bond motifs is 1. The third kappa shape index (κ3) is 3.83. The number of nitrogens with zero attached hydrogens (tertiary/aromatic N) is 1. The van der Waals surface area contributed by atoms with Crippen LogP contribution in [-0.2, 0) is 9.53 Å². The molecule has 2 aromatic rings. The van der Waals surface area contributed by atoms with Crippen LogP contribution in [0.25, 0.3) is 0 Å². The second-order valence-electron chi connectivity index (χ2n) is 8.18. The van der Waals surface area contributed by atoms with E-state index in [1.165, 1.54) is 11.8 Å². The van der Waals surface area contributed by atoms with Crippen LogP contribution < -0.4 is 20.3 Å². The van der Waals surface area contributed by atoms with Crippen molar-refractivity contribution in [2.45, 2.75) is 43.6 Å². The lowest BCUT2D eigenvalue weighted by molar-refractivity contribution is -0.113. The summed E-state index contributed by atoms with van der Waals surface area (Å²) in [5, 5.41) is 5.60. The summed E-state index contributed by atoms with van der Waals surface area (Å²) in [4.78, 5) is 25.6. The van der Waals surface area contributed by atoms with Crippen molar-refractivity contribution in [1.29, 1.82) is 0 Å². The molecule has 0 saturated carbocycles. The summed E-state index contributed by atoms with van der Waals surface area (Å²) in [6, 6.07) is 5.56. The molecule has 0 bridgehead atoms. The SMILES string of the molecule is COc1ccc([C@H]2SCC(=O)Nc3c2c(=O)[nH]n3[C@H]2CCOC(C)(C)C2)c(OC)c1. The molecule has 8 nitrogen and oxygen atoms in total. The maximum atomic E-state index is 13.1. The highest BCUT2D eigenvalue weighted by molar-refractivity contribution is 8.00. The molecule has 2 aliphatic rings. The zero-order valence-electron chi connectivity index (χ0n) is 17.6. The Morgan fingerprint density at radius 3 is 2.73 bits per heavy atom. The number of aromatic amines is 1. The van der Waals surface area contributed by atoms with Gasteiger partial charge in [-0.25, -0.2) is 0 Å². The molecule has 1 fully saturated rings. The highest BCUT2D eigenvalue weighted by atomic mass is 32.2. The molecule has 30 heavy (non-hydrogen) atoms. The molecule has 0 spiro atoms. The van der Waals surface area contributed by atoms with Gasteiger partial charge in [0.2, 0.25) is 5.91 Å². The summed E-state index contributed by atoms with van der Waals surface area (Å²) < 4.78 is 18.5. The molecule has 3 heterocycles. The summed E-state index contributed by atoms with van der Waals surface area (Å²) in [5.41, 5.74) is 0.876. The summed E-state index contributed by atoms with van der Waals surface area (Å²) in [5.74, 6) is 1.94. The Bertz CT molecular complexity index is 1010. The first-order valence-corrected chi connectivity index (χ1v) is 11.0. The van der Waals surface area contributed by atoms with E-state index in [1.54, 1.807) is 20.3 Å². The van der Waals surface area contributed by atoms with Crippen molar-refractivity contribution in [2.75, 3.05) is 31.9 Å². The Kier molecular flexibility index (Phi) is 5.59. The normalized spacial score (nSPS) is 23.3. The molecule has 1 amide bonds. The number of hydrogen-bond donors (Lipinski definition) is 2. The third-order valence-corrected chi connectivity index (χ3v) is 6.87. The van der Waals surface area contributed by atoms with Crippen LogP contribution in [0.15, 0.2) is 23.0 Å². The third-order valence-electron chi connectivity index (χ3n) is 5.62. The minimum Gasteiger partial charge on any atom is -0.497 e. The van der Waals surface area contributed by atoms with E-state index < -0.39 is 0 Å². The standard InChI is InChI=1S/C21H27N3O5S/c1-21(2)10-12(7-8-29-21)24-19-17(20(26)23-24)18(30-11-16(25)22-19)14-6-5-13(27-3)9-15(14)28-4/h5-6,9,12,18H,7-8,10-11H2,1-4H3,(H,22,25)(H,23,26)/t12-,18+/m0/s1. The number of nitrogens with one attached hydrogen (secondary N) is 2. The second-order valence-corrected chi connectivity index (χ2v) is 9.27. The predicted octanol–water partition coefficient (Wildman–Crippen LogP) is 3.10. The van der Waals surface area contributed by atoms with E-state index >= 15 is 0 Å². The van der Waals surface area contributed by atoms with Gasteiger partial charge in [0.05, 0.1) is 42.4 Å². The molecule has 2 atom stereocenters. The van der Waals surface area contributed by atoms with E-state index in [0.717, 1.165) is 18.4 Å². The Hall–Kier alpha value is -2.39. The van der Waals surface area contributed by atoms with Crippen molar-refractivity contribution < 1.29 is 19.0 Å². The van der Waals surface area contributed by atoms with Crippen LogP contribution in [0.2, 0.25) is 0 Å². The molecule has 9 heteroatoms. The van der Waals surface area contributed by atoms with Crippen molar-refractivity contribution in [2.24, 2.45) is 0 Å². The predicted molar refractivity (Wildman–Crippen MR) is 116 cm³/mol. The Labute approximate surface area is 179 Å². The Balaban J connectivity index is 1.82. The smallest absolute Gasteiger partial charge is 0.270 e. The molecular weight excluding hydrogens is 406 g/mol. The van der Waals surface area contributed by atoms with Gasteiger partial charge in [-0.2, -0.15) is 0 Å². The van der Waals surface area contributed by atoms with Crippen LogP contribution >= 0.6 is 11.8 Å². The van der Waals surface area contributed by atoms with Gasteiger partial charge in [0.1, 0.15) is 17.3 Å². The molecule has 0 radical (unpaired) electrons. The number of benzene rings is 1. The fraction of sp³-hybridized carbons (Fsp3) is 0.524. The van der Waals surface area contributed by atoms with E-state index in [0.29, 0.717) is 29.5 Å². The molecule has 4 rings (SSSR count). The van der Waals surface area contributed by atoms with Crippen LogP contribution in [-0.4, -0.2) is 47.9 Å². The van der Waals surface area contributed by atoms with E-state index in [-0.39, 0.29) is 34.1 Å². The molecule has 2 aliphatic heterocycles. The highest BCUT2D eigenvalue weighted by Crippen LogP contribution is 2.45. The molecule has 1 aromatic carbocycles. The van der Waals surface area contributed by atoms with Crippen LogP contribution in [0.4, 0.5) is 5.82 Å². The first-order chi connectivity index (χ1) is 14.3. The highest BCUT2D eigenvalue weighted by Gasteiger charge is 2.36. The first-order valence-electron chi connectivity index (χ1n) is 9.94. The quantitative estimate of drug-likeness (QED) is 0.770. The van der Waals surface area contributed by atoms with Crippen molar-refractivity contribution in [3.8, 4) is 11.5 Å². The largest absolute Gasteiger partial charge is 0.497 e. The van der Waals surface area contributed by atoms with Crippen LogP contribution in [0.5, 0.6) is 11.5 Å². The zero-order chi connectivity index (χ0) is 21.5. The number of hydrogen-bond acceptors (Lipinski definition) is 6. The number of amides is 1. The number of thioether (sulfide) groups is 1. The molecule has 2 N–H and O–H groups in total. The van der Waals surface area contributed by atoms with Gasteiger partial charge < -0.3 is 19.5 Å². The molecule has 0 unspecified atom stereocenters. The van der Waals surface area contributed by atoms with Gasteiger partial charge in [-0.05, 0) is 32.8 Å². The summed E-state index contributed by atoms with van der Waals surface area (Å²) >= 11 is 1.41. The number of aromatic nitrogens is 2. The number of anilines is 1. The van der Waals surface area contributed by atoms with Crippen molar-refractivity contribution in [1.82, 2.24) is 9.78 Å². The van der Waals surface area contributed by atoms with Crippen LogP contribution in [0.1, 0.15) is 49.1 Å². The minimum atomic E-state index is -0.349. The van der Waals surface area contributed by atoms with E-state index in [9.17, 15) is 9.59 Å². The lowest BCUT2D eigenvalue weighted by Gasteiger charge is -2.36. The van der Waals surface area contributed by atoms with Crippen LogP contribution in [0, 0.1) is 0 Å². The number of rotatable bonds is 4. The number of methoxy groups -OCH3 is 2. The van der Waals surface area contributed by atoms with Gasteiger partial charge in [0.25, 0.3) is 5.56 Å². The number of carbonyl (C=O) groups is 1. The molecule has 1 aromatic heterocycles. The van der Waals surface area contributed by atoms with Crippen molar-refractivity contribution in [3.63, 3.8) is 0 Å². The Morgan fingerprint density at radius 1 is 1.23 bits per heavy atom. The van der Waals surface area contributed by atoms with Gasteiger partial charge >= 0.3 is 0 Å². The summed E-state index contributed by atoms with van der Waals surface area (Å²) in [6.07, 6.45) is 1.50. The Morgan fingerprint density at radius 2 is 2.03 bits per heavy atom. The van der Waals surface area contributed by atoms with Crippen molar-refractivity contribution in [3.05, 3.63) is 39.7 Å². The van der Waals surface area contributed by atoms with Crippen molar-refractivity contribution >= 4 is 23.5 Å². The zero-order valence-corrected chi connectivity index (χ0v) is 18.4. The van der Waals surface area contributed by atoms with Gasteiger partial charge in [-0.3, -0.25) is 19.4 Å². The number of H-pyrrole nitrogens is 1. The maximum absolute atomic E-state index is 13.1. The molecule has 162 valence electrons. The average Bonchev–Trinajstić information content (AvgIpc) is 2.92. The molecule has 0 aliphatic carbocycles. The summed E-state index contributed by atoms with van der Waals surface area (Å²) in [7, 11) is 3.18. The van der Waals surface area contributed by atoms with Gasteiger partial charge in [0.15, 0.2) is 0 Å². The van der Waals surface area contributed by atoms with Crippen LogP contribution in [0.3, 0.4) is 0 Å².